The lowest BCUT2D eigenvalue weighted by Crippen LogP contribution is -2.45. The van der Waals surface area contributed by atoms with Crippen molar-refractivity contribution in [3.63, 3.8) is 0 Å². The highest BCUT2D eigenvalue weighted by molar-refractivity contribution is 5.78. The lowest BCUT2D eigenvalue weighted by molar-refractivity contribution is -0.135. The molecule has 1 amide bonds. The molecule has 0 radical (unpaired) electrons. The topological polar surface area (TPSA) is 68.1 Å². The first-order chi connectivity index (χ1) is 10.2. The van der Waals surface area contributed by atoms with Crippen LogP contribution in [0.5, 0.6) is 0 Å². The third-order valence-electron chi connectivity index (χ3n) is 4.04. The van der Waals surface area contributed by atoms with Crippen molar-refractivity contribution in [1.82, 2.24) is 19.9 Å². The minimum absolute atomic E-state index is 0.0407. The molecule has 1 aliphatic rings. The van der Waals surface area contributed by atoms with Crippen LogP contribution >= 0.6 is 0 Å². The van der Waals surface area contributed by atoms with Gasteiger partial charge in [0.15, 0.2) is 0 Å². The molecule has 0 spiro atoms. The third-order valence-corrected chi connectivity index (χ3v) is 4.04. The summed E-state index contributed by atoms with van der Waals surface area (Å²) >= 11 is 0. The van der Waals surface area contributed by atoms with E-state index in [1.54, 1.807) is 24.3 Å². The summed E-state index contributed by atoms with van der Waals surface area (Å²) in [6.07, 6.45) is 3.19. The molecule has 0 aliphatic carbocycles. The predicted molar refractivity (Wildman–Crippen MR) is 78.8 cm³/mol. The number of hydrogen-bond acceptors (Lipinski definition) is 4. The Morgan fingerprint density at radius 1 is 1.33 bits per heavy atom. The lowest BCUT2D eigenvalue weighted by Gasteiger charge is -2.33. The molecule has 2 aromatic rings. The number of nitrogens with zero attached hydrogens (tertiary/aromatic N) is 4. The van der Waals surface area contributed by atoms with Crippen LogP contribution in [0, 0.1) is 0 Å². The normalized spacial score (nSPS) is 18.9. The monoisotopic (exact) mass is 286 g/mol. The van der Waals surface area contributed by atoms with Gasteiger partial charge in [-0.1, -0.05) is 17.3 Å². The van der Waals surface area contributed by atoms with Crippen molar-refractivity contribution in [2.24, 2.45) is 0 Å². The van der Waals surface area contributed by atoms with Gasteiger partial charge in [-0.05, 0) is 38.3 Å². The molecule has 2 heterocycles. The van der Waals surface area contributed by atoms with Gasteiger partial charge in [0, 0.05) is 12.6 Å². The molecule has 6 nitrogen and oxygen atoms in total. The molecule has 0 bridgehead atoms. The molecule has 1 saturated heterocycles. The van der Waals surface area contributed by atoms with Crippen LogP contribution in [0.2, 0.25) is 0 Å². The van der Waals surface area contributed by atoms with Gasteiger partial charge in [0.25, 0.3) is 5.56 Å². The maximum Gasteiger partial charge on any atom is 0.278 e. The van der Waals surface area contributed by atoms with Crippen molar-refractivity contribution in [2.75, 3.05) is 6.54 Å². The summed E-state index contributed by atoms with van der Waals surface area (Å²) in [4.78, 5) is 26.5. The maximum absolute atomic E-state index is 12.4. The Kier molecular flexibility index (Phi) is 3.68. The van der Waals surface area contributed by atoms with Crippen molar-refractivity contribution in [1.29, 1.82) is 0 Å². The minimum atomic E-state index is -0.265. The largest absolute Gasteiger partial charge is 0.338 e. The highest BCUT2D eigenvalue weighted by Gasteiger charge is 2.23. The molecule has 1 fully saturated rings. The van der Waals surface area contributed by atoms with Gasteiger partial charge in [-0.25, -0.2) is 4.68 Å². The molecule has 0 N–H and O–H groups in total. The lowest BCUT2D eigenvalue weighted by atomic mass is 10.0. The number of piperidine rings is 1. The second-order valence-electron chi connectivity index (χ2n) is 5.50. The van der Waals surface area contributed by atoms with Gasteiger partial charge >= 0.3 is 0 Å². The first-order valence-electron chi connectivity index (χ1n) is 7.29. The van der Waals surface area contributed by atoms with Gasteiger partial charge in [0.05, 0.1) is 5.39 Å². The molecule has 3 rings (SSSR count). The molecule has 110 valence electrons. The summed E-state index contributed by atoms with van der Waals surface area (Å²) in [7, 11) is 0. The highest BCUT2D eigenvalue weighted by Crippen LogP contribution is 2.16. The van der Waals surface area contributed by atoms with Crippen LogP contribution in [0.25, 0.3) is 10.9 Å². The van der Waals surface area contributed by atoms with Gasteiger partial charge in [0.1, 0.15) is 12.1 Å². The predicted octanol–water partition coefficient (Wildman–Crippen LogP) is 1.19. The summed E-state index contributed by atoms with van der Waals surface area (Å²) < 4.78 is 1.16. The van der Waals surface area contributed by atoms with Crippen molar-refractivity contribution in [2.45, 2.75) is 38.8 Å². The van der Waals surface area contributed by atoms with Crippen LogP contribution in [0.3, 0.4) is 0 Å². The van der Waals surface area contributed by atoms with Crippen LogP contribution in [0.4, 0.5) is 0 Å². The Labute approximate surface area is 122 Å². The molecule has 1 aliphatic heterocycles. The Morgan fingerprint density at radius 2 is 2.14 bits per heavy atom. The minimum Gasteiger partial charge on any atom is -0.338 e. The Morgan fingerprint density at radius 3 is 2.95 bits per heavy atom. The van der Waals surface area contributed by atoms with E-state index in [0.717, 1.165) is 30.5 Å². The average molecular weight is 286 g/mol. The van der Waals surface area contributed by atoms with E-state index in [-0.39, 0.29) is 24.1 Å². The van der Waals surface area contributed by atoms with Crippen LogP contribution in [0.15, 0.2) is 29.1 Å². The highest BCUT2D eigenvalue weighted by atomic mass is 16.2. The third kappa shape index (κ3) is 2.66. The molecule has 1 aromatic carbocycles. The number of hydrogen-bond donors (Lipinski definition) is 0. The zero-order valence-electron chi connectivity index (χ0n) is 12.0. The fourth-order valence-electron chi connectivity index (χ4n) is 2.81. The van der Waals surface area contributed by atoms with Crippen LogP contribution in [0.1, 0.15) is 26.2 Å². The fraction of sp³-hybridized carbons (Fsp3) is 0.467. The quantitative estimate of drug-likeness (QED) is 0.831. The molecule has 1 aromatic heterocycles. The van der Waals surface area contributed by atoms with Gasteiger partial charge < -0.3 is 4.90 Å². The standard InChI is InChI=1S/C15H18N4O2/c1-11-6-4-5-9-18(11)14(20)10-19-15(21)12-7-2-3-8-13(12)16-17-19/h2-3,7-8,11H,4-6,9-10H2,1H3/t11-/m1/s1. The molecule has 1 atom stereocenters. The van der Waals surface area contributed by atoms with E-state index in [9.17, 15) is 9.59 Å². The molecule has 21 heavy (non-hydrogen) atoms. The van der Waals surface area contributed by atoms with Gasteiger partial charge in [0.2, 0.25) is 5.91 Å². The van der Waals surface area contributed by atoms with E-state index in [1.165, 1.54) is 0 Å². The summed E-state index contributed by atoms with van der Waals surface area (Å²) in [5, 5.41) is 8.37. The number of rotatable bonds is 2. The van der Waals surface area contributed by atoms with E-state index in [4.69, 9.17) is 0 Å². The van der Waals surface area contributed by atoms with E-state index in [2.05, 4.69) is 10.3 Å². The molecule has 0 saturated carbocycles. The zero-order chi connectivity index (χ0) is 14.8. The van der Waals surface area contributed by atoms with Gasteiger partial charge in [-0.2, -0.15) is 0 Å². The van der Waals surface area contributed by atoms with Crippen molar-refractivity contribution in [3.05, 3.63) is 34.6 Å². The van der Waals surface area contributed by atoms with Crippen LogP contribution < -0.4 is 5.56 Å². The summed E-state index contributed by atoms with van der Waals surface area (Å²) in [5.74, 6) is -0.0612. The summed E-state index contributed by atoms with van der Waals surface area (Å²) in [6, 6.07) is 7.26. The molecular weight excluding hydrogens is 268 g/mol. The number of fused-ring (bicyclic) bond motifs is 1. The Hall–Kier alpha value is -2.24. The molecule has 0 unspecified atom stereocenters. The Bertz CT molecular complexity index is 725. The number of carbonyl (C=O) groups excluding carboxylic acids is 1. The zero-order valence-corrected chi connectivity index (χ0v) is 12.0. The van der Waals surface area contributed by atoms with E-state index in [0.29, 0.717) is 10.9 Å². The first-order valence-corrected chi connectivity index (χ1v) is 7.29. The second-order valence-corrected chi connectivity index (χ2v) is 5.50. The Balaban J connectivity index is 1.86. The average Bonchev–Trinajstić information content (AvgIpc) is 2.51. The van der Waals surface area contributed by atoms with E-state index in [1.807, 2.05) is 11.8 Å². The summed E-state index contributed by atoms with van der Waals surface area (Å²) in [6.45, 7) is 2.77. The summed E-state index contributed by atoms with van der Waals surface area (Å²) in [5.41, 5.74) is 0.288. The van der Waals surface area contributed by atoms with Crippen molar-refractivity contribution < 1.29 is 4.79 Å². The van der Waals surface area contributed by atoms with E-state index < -0.39 is 0 Å². The van der Waals surface area contributed by atoms with Gasteiger partial charge in [-0.3, -0.25) is 9.59 Å². The number of likely N-dealkylation sites (tertiary alicyclic amines) is 1. The van der Waals surface area contributed by atoms with Crippen molar-refractivity contribution in [3.8, 4) is 0 Å². The fourth-order valence-corrected chi connectivity index (χ4v) is 2.81. The number of amides is 1. The smallest absolute Gasteiger partial charge is 0.278 e. The SMILES string of the molecule is C[C@@H]1CCCCN1C(=O)Cn1nnc2ccccc2c1=O. The van der Waals surface area contributed by atoms with E-state index >= 15 is 0 Å². The number of benzene rings is 1. The van der Waals surface area contributed by atoms with Gasteiger partial charge in [-0.15, -0.1) is 5.10 Å². The second kappa shape index (κ2) is 5.63. The number of aromatic nitrogens is 3. The molecule has 6 heteroatoms. The van der Waals surface area contributed by atoms with Crippen LogP contribution in [-0.2, 0) is 11.3 Å². The maximum atomic E-state index is 12.4. The van der Waals surface area contributed by atoms with Crippen LogP contribution in [-0.4, -0.2) is 38.4 Å². The number of carbonyl (C=O) groups is 1. The van der Waals surface area contributed by atoms with Crippen molar-refractivity contribution >= 4 is 16.8 Å². The first kappa shape index (κ1) is 13.7. The molecular formula is C15H18N4O2.